The van der Waals surface area contributed by atoms with Crippen molar-refractivity contribution < 1.29 is 14.3 Å². The number of fused-ring (bicyclic) bond motifs is 1. The van der Waals surface area contributed by atoms with E-state index in [0.29, 0.717) is 6.54 Å². The number of rotatable bonds is 1. The Kier molecular flexibility index (Phi) is 4.68. The first-order valence-electron chi connectivity index (χ1n) is 9.15. The number of ether oxygens (including phenoxy) is 1. The molecular weight excluding hydrogens is 292 g/mol. The summed E-state index contributed by atoms with van der Waals surface area (Å²) >= 11 is 0. The van der Waals surface area contributed by atoms with Gasteiger partial charge in [-0.1, -0.05) is 12.8 Å². The molecule has 0 aromatic carbocycles. The van der Waals surface area contributed by atoms with Crippen LogP contribution in [0.2, 0.25) is 0 Å². The van der Waals surface area contributed by atoms with E-state index in [1.165, 1.54) is 0 Å². The zero-order valence-electron chi connectivity index (χ0n) is 14.8. The Morgan fingerprint density at radius 1 is 1.04 bits per heavy atom. The van der Waals surface area contributed by atoms with Crippen molar-refractivity contribution in [1.29, 1.82) is 0 Å². The summed E-state index contributed by atoms with van der Waals surface area (Å²) in [6.07, 6.45) is 5.32. The predicted octanol–water partition coefficient (Wildman–Crippen LogP) is 2.19. The highest BCUT2D eigenvalue weighted by atomic mass is 16.5. The fraction of sp³-hybridized carbons (Fsp3) is 0.889. The van der Waals surface area contributed by atoms with Crippen LogP contribution in [0, 0.1) is 5.92 Å². The lowest BCUT2D eigenvalue weighted by Gasteiger charge is -2.53. The van der Waals surface area contributed by atoms with E-state index >= 15 is 0 Å². The first kappa shape index (κ1) is 16.7. The van der Waals surface area contributed by atoms with Crippen molar-refractivity contribution in [3.05, 3.63) is 0 Å². The van der Waals surface area contributed by atoms with Crippen molar-refractivity contribution >= 4 is 11.8 Å². The van der Waals surface area contributed by atoms with Crippen molar-refractivity contribution in [2.24, 2.45) is 5.92 Å². The summed E-state index contributed by atoms with van der Waals surface area (Å²) in [7, 11) is 0. The van der Waals surface area contributed by atoms with E-state index in [9.17, 15) is 9.59 Å². The van der Waals surface area contributed by atoms with Gasteiger partial charge in [-0.2, -0.15) is 0 Å². The van der Waals surface area contributed by atoms with Gasteiger partial charge in [0, 0.05) is 19.5 Å². The molecule has 0 spiro atoms. The molecule has 2 amide bonds. The molecule has 6 atom stereocenters. The van der Waals surface area contributed by atoms with Crippen LogP contribution in [0.3, 0.4) is 0 Å². The van der Waals surface area contributed by atoms with Crippen LogP contribution in [0.25, 0.3) is 0 Å². The summed E-state index contributed by atoms with van der Waals surface area (Å²) in [5.74, 6) is 0.366. The van der Waals surface area contributed by atoms with Gasteiger partial charge < -0.3 is 14.5 Å². The van der Waals surface area contributed by atoms with Gasteiger partial charge in [-0.3, -0.25) is 9.59 Å². The van der Waals surface area contributed by atoms with Gasteiger partial charge in [0.05, 0.1) is 30.2 Å². The zero-order chi connectivity index (χ0) is 16.7. The number of nitrogens with zero attached hydrogens (tertiary/aromatic N) is 2. The molecule has 2 saturated heterocycles. The van der Waals surface area contributed by atoms with Gasteiger partial charge in [0.25, 0.3) is 0 Å². The van der Waals surface area contributed by atoms with Crippen molar-refractivity contribution in [2.75, 3.05) is 6.54 Å². The van der Waals surface area contributed by atoms with E-state index in [-0.39, 0.29) is 48.1 Å². The molecule has 23 heavy (non-hydrogen) atoms. The molecule has 130 valence electrons. The summed E-state index contributed by atoms with van der Waals surface area (Å²) in [4.78, 5) is 29.4. The van der Waals surface area contributed by atoms with Gasteiger partial charge in [-0.05, 0) is 40.0 Å². The van der Waals surface area contributed by atoms with E-state index in [0.717, 1.165) is 32.1 Å². The van der Waals surface area contributed by atoms with Gasteiger partial charge in [0.1, 0.15) is 0 Å². The molecule has 0 radical (unpaired) electrons. The third kappa shape index (κ3) is 3.00. The number of amides is 2. The molecule has 0 aromatic heterocycles. The van der Waals surface area contributed by atoms with Crippen LogP contribution < -0.4 is 0 Å². The van der Waals surface area contributed by atoms with Gasteiger partial charge >= 0.3 is 0 Å². The normalized spacial score (nSPS) is 40.9. The molecule has 3 aliphatic rings. The first-order chi connectivity index (χ1) is 10.9. The maximum absolute atomic E-state index is 13.2. The highest BCUT2D eigenvalue weighted by molar-refractivity contribution is 5.81. The highest BCUT2D eigenvalue weighted by Gasteiger charge is 2.47. The third-order valence-electron chi connectivity index (χ3n) is 5.95. The fourth-order valence-electron chi connectivity index (χ4n) is 4.99. The lowest BCUT2D eigenvalue weighted by Crippen LogP contribution is -2.67. The second-order valence-electron chi connectivity index (χ2n) is 7.68. The molecule has 0 N–H and O–H groups in total. The van der Waals surface area contributed by atoms with Gasteiger partial charge in [0.15, 0.2) is 0 Å². The van der Waals surface area contributed by atoms with E-state index in [2.05, 4.69) is 11.8 Å². The summed E-state index contributed by atoms with van der Waals surface area (Å²) < 4.78 is 5.80. The van der Waals surface area contributed by atoms with E-state index < -0.39 is 0 Å². The quantitative estimate of drug-likeness (QED) is 0.743. The van der Waals surface area contributed by atoms with Crippen LogP contribution in [-0.4, -0.2) is 58.5 Å². The Morgan fingerprint density at radius 2 is 1.70 bits per heavy atom. The molecule has 5 heteroatoms. The minimum absolute atomic E-state index is 0.000633. The lowest BCUT2D eigenvalue weighted by molar-refractivity contribution is -0.156. The Labute approximate surface area is 139 Å². The van der Waals surface area contributed by atoms with Crippen LogP contribution in [0.4, 0.5) is 0 Å². The average molecular weight is 322 g/mol. The average Bonchev–Trinajstić information content (AvgIpc) is 2.83. The monoisotopic (exact) mass is 322 g/mol. The second-order valence-corrected chi connectivity index (χ2v) is 7.68. The molecular formula is C18H30N2O3. The molecule has 3 rings (SSSR count). The molecule has 0 aromatic rings. The zero-order valence-corrected chi connectivity index (χ0v) is 14.8. The van der Waals surface area contributed by atoms with Gasteiger partial charge in [0.2, 0.25) is 11.8 Å². The second kappa shape index (κ2) is 6.42. The molecule has 5 nitrogen and oxygen atoms in total. The van der Waals surface area contributed by atoms with Crippen molar-refractivity contribution in [3.63, 3.8) is 0 Å². The van der Waals surface area contributed by atoms with Crippen LogP contribution in [-0.2, 0) is 14.3 Å². The maximum Gasteiger partial charge on any atom is 0.228 e. The van der Waals surface area contributed by atoms with Crippen LogP contribution in [0.5, 0.6) is 0 Å². The standard InChI is InChI=1S/C18H30N2O3/c1-11-10-19(18(22)15-9-12(2)23-13(15)3)16-7-5-6-8-17(16)20(11)14(4)21/h11-13,15-17H,5-10H2,1-4H3/t11-,12?,13?,15?,16?,17?/m0/s1. The van der Waals surface area contributed by atoms with Crippen LogP contribution >= 0.6 is 0 Å². The third-order valence-corrected chi connectivity index (χ3v) is 5.95. The Morgan fingerprint density at radius 3 is 2.26 bits per heavy atom. The smallest absolute Gasteiger partial charge is 0.228 e. The van der Waals surface area contributed by atoms with E-state index in [4.69, 9.17) is 4.74 Å². The molecule has 1 saturated carbocycles. The first-order valence-corrected chi connectivity index (χ1v) is 9.15. The van der Waals surface area contributed by atoms with Gasteiger partial charge in [-0.15, -0.1) is 0 Å². The van der Waals surface area contributed by atoms with Crippen molar-refractivity contribution in [2.45, 2.75) is 90.1 Å². The van der Waals surface area contributed by atoms with Crippen molar-refractivity contribution in [3.8, 4) is 0 Å². The Bertz CT molecular complexity index is 481. The largest absolute Gasteiger partial charge is 0.375 e. The summed E-state index contributed by atoms with van der Waals surface area (Å²) in [6.45, 7) is 8.46. The number of hydrogen-bond acceptors (Lipinski definition) is 3. The fourth-order valence-corrected chi connectivity index (χ4v) is 4.99. The summed E-state index contributed by atoms with van der Waals surface area (Å²) in [5.41, 5.74) is 0. The molecule has 5 unspecified atom stereocenters. The molecule has 2 aliphatic heterocycles. The number of carbonyl (C=O) groups excluding carboxylic acids is 2. The molecule has 0 bridgehead atoms. The SMILES string of the molecule is CC(=O)N1C2CCCCC2N(C(=O)C2CC(C)OC2C)C[C@@H]1C. The lowest BCUT2D eigenvalue weighted by atomic mass is 9.83. The van der Waals surface area contributed by atoms with E-state index in [1.807, 2.05) is 18.7 Å². The Hall–Kier alpha value is -1.10. The Balaban J connectivity index is 1.82. The summed E-state index contributed by atoms with van der Waals surface area (Å²) in [6, 6.07) is 0.495. The minimum Gasteiger partial charge on any atom is -0.375 e. The maximum atomic E-state index is 13.2. The van der Waals surface area contributed by atoms with Crippen molar-refractivity contribution in [1.82, 2.24) is 9.80 Å². The molecule has 1 aliphatic carbocycles. The number of carbonyl (C=O) groups is 2. The minimum atomic E-state index is -0.0244. The number of hydrogen-bond donors (Lipinski definition) is 0. The number of piperazine rings is 1. The van der Waals surface area contributed by atoms with E-state index in [1.54, 1.807) is 6.92 Å². The van der Waals surface area contributed by atoms with Gasteiger partial charge in [-0.25, -0.2) is 0 Å². The van der Waals surface area contributed by atoms with Crippen LogP contribution in [0.15, 0.2) is 0 Å². The molecule has 3 fully saturated rings. The van der Waals surface area contributed by atoms with Crippen LogP contribution in [0.1, 0.15) is 59.8 Å². The molecule has 2 heterocycles. The topological polar surface area (TPSA) is 49.9 Å². The predicted molar refractivity (Wildman–Crippen MR) is 87.9 cm³/mol. The summed E-state index contributed by atoms with van der Waals surface area (Å²) in [5, 5.41) is 0. The highest BCUT2D eigenvalue weighted by Crippen LogP contribution is 2.36.